The van der Waals surface area contributed by atoms with E-state index in [0.29, 0.717) is 36.1 Å². The number of halogens is 1. The Kier molecular flexibility index (Phi) is 5.99. The van der Waals surface area contributed by atoms with Crippen molar-refractivity contribution in [3.05, 3.63) is 71.3 Å². The molecule has 8 heteroatoms. The Bertz CT molecular complexity index is 1220. The van der Waals surface area contributed by atoms with Gasteiger partial charge in [-0.2, -0.15) is 5.10 Å². The van der Waals surface area contributed by atoms with Gasteiger partial charge in [0.05, 0.1) is 23.5 Å². The van der Waals surface area contributed by atoms with Crippen LogP contribution in [-0.2, 0) is 6.54 Å². The number of benzene rings is 2. The highest BCUT2D eigenvalue weighted by Gasteiger charge is 2.23. The van der Waals surface area contributed by atoms with E-state index in [4.69, 9.17) is 9.72 Å². The van der Waals surface area contributed by atoms with Gasteiger partial charge in [0.15, 0.2) is 5.13 Å². The van der Waals surface area contributed by atoms with E-state index in [-0.39, 0.29) is 11.7 Å². The van der Waals surface area contributed by atoms with Crippen molar-refractivity contribution in [2.75, 3.05) is 18.1 Å². The van der Waals surface area contributed by atoms with Crippen LogP contribution in [0, 0.1) is 19.7 Å². The fourth-order valence-corrected chi connectivity index (χ4v) is 4.43. The molecule has 4 rings (SSSR count). The minimum atomic E-state index is -0.382. The minimum Gasteiger partial charge on any atom is -0.492 e. The Hall–Kier alpha value is -3.26. The zero-order valence-corrected chi connectivity index (χ0v) is 18.4. The number of anilines is 1. The first-order chi connectivity index (χ1) is 15.0. The summed E-state index contributed by atoms with van der Waals surface area (Å²) in [5.41, 5.74) is 3.08. The third-order valence-corrected chi connectivity index (χ3v) is 5.92. The number of carbonyl (C=O) groups is 1. The summed E-state index contributed by atoms with van der Waals surface area (Å²) in [7, 11) is 0. The van der Waals surface area contributed by atoms with Crippen LogP contribution in [0.2, 0.25) is 0 Å². The van der Waals surface area contributed by atoms with Crippen LogP contribution in [0.25, 0.3) is 10.2 Å². The van der Waals surface area contributed by atoms with E-state index in [2.05, 4.69) is 5.10 Å². The van der Waals surface area contributed by atoms with Crippen molar-refractivity contribution < 1.29 is 13.9 Å². The highest BCUT2D eigenvalue weighted by atomic mass is 32.1. The molecule has 0 saturated carbocycles. The Labute approximate surface area is 183 Å². The van der Waals surface area contributed by atoms with Crippen molar-refractivity contribution in [3.8, 4) is 5.75 Å². The summed E-state index contributed by atoms with van der Waals surface area (Å²) in [6.07, 6.45) is 0. The number of amides is 1. The topological polar surface area (TPSA) is 60.2 Å². The first-order valence-corrected chi connectivity index (χ1v) is 10.9. The van der Waals surface area contributed by atoms with Crippen molar-refractivity contribution >= 4 is 32.6 Å². The summed E-state index contributed by atoms with van der Waals surface area (Å²) in [6, 6.07) is 13.3. The van der Waals surface area contributed by atoms with E-state index < -0.39 is 0 Å². The van der Waals surface area contributed by atoms with E-state index in [9.17, 15) is 9.18 Å². The van der Waals surface area contributed by atoms with Gasteiger partial charge in [0.25, 0.3) is 5.91 Å². The van der Waals surface area contributed by atoms with Crippen molar-refractivity contribution in [1.29, 1.82) is 0 Å². The second-order valence-electron chi connectivity index (χ2n) is 7.15. The lowest BCUT2D eigenvalue weighted by atomic mass is 10.2. The Morgan fingerprint density at radius 1 is 1.19 bits per heavy atom. The van der Waals surface area contributed by atoms with E-state index in [1.165, 1.54) is 35.6 Å². The Morgan fingerprint density at radius 2 is 1.97 bits per heavy atom. The van der Waals surface area contributed by atoms with Crippen molar-refractivity contribution in [2.45, 2.75) is 27.3 Å². The molecule has 0 aliphatic rings. The third kappa shape index (κ3) is 4.44. The number of fused-ring (bicyclic) bond motifs is 1. The number of thiazole rings is 1. The summed E-state index contributed by atoms with van der Waals surface area (Å²) in [4.78, 5) is 19.7. The van der Waals surface area contributed by atoms with E-state index in [1.54, 1.807) is 4.90 Å². The monoisotopic (exact) mass is 438 g/mol. The molecule has 6 nitrogen and oxygen atoms in total. The average Bonchev–Trinajstić information content (AvgIpc) is 3.32. The van der Waals surface area contributed by atoms with Crippen LogP contribution in [0.5, 0.6) is 5.75 Å². The third-order valence-electron chi connectivity index (χ3n) is 4.88. The molecule has 0 saturated heterocycles. The molecule has 0 radical (unpaired) electrons. The first kappa shape index (κ1) is 21.0. The highest BCUT2D eigenvalue weighted by Crippen LogP contribution is 2.34. The van der Waals surface area contributed by atoms with Crippen LogP contribution in [0.15, 0.2) is 48.5 Å². The quantitative estimate of drug-likeness (QED) is 0.408. The summed E-state index contributed by atoms with van der Waals surface area (Å²) < 4.78 is 21.9. The summed E-state index contributed by atoms with van der Waals surface area (Å²) in [5.74, 6) is 0.0702. The molecule has 0 aliphatic carbocycles. The van der Waals surface area contributed by atoms with Gasteiger partial charge >= 0.3 is 0 Å². The molecular formula is C23H23FN4O2S. The van der Waals surface area contributed by atoms with E-state index in [1.807, 2.05) is 49.7 Å². The lowest BCUT2D eigenvalue weighted by Crippen LogP contribution is -2.34. The predicted octanol–water partition coefficient (Wildman–Crippen LogP) is 4.99. The molecule has 0 fully saturated rings. The first-order valence-electron chi connectivity index (χ1n) is 10.1. The van der Waals surface area contributed by atoms with Crippen LogP contribution < -0.4 is 9.64 Å². The van der Waals surface area contributed by atoms with Crippen LogP contribution in [0.1, 0.15) is 28.7 Å². The second-order valence-corrected chi connectivity index (χ2v) is 8.16. The number of nitrogens with zero attached hydrogens (tertiary/aromatic N) is 4. The van der Waals surface area contributed by atoms with Gasteiger partial charge in [-0.05, 0) is 63.2 Å². The van der Waals surface area contributed by atoms with Gasteiger partial charge in [0.2, 0.25) is 0 Å². The number of ether oxygens (including phenoxy) is 1. The number of rotatable bonds is 7. The maximum absolute atomic E-state index is 13.4. The van der Waals surface area contributed by atoms with Crippen molar-refractivity contribution in [3.63, 3.8) is 0 Å². The Balaban J connectivity index is 1.71. The molecule has 0 atom stereocenters. The molecule has 0 aliphatic heterocycles. The standard InChI is InChI=1S/C23H23FN4O2S/c1-4-30-19-6-5-7-20-21(19)25-23(31-20)27(12-13-28-16(3)14-15(2)26-28)22(29)17-8-10-18(24)11-9-17/h5-11,14H,4,12-13H2,1-3H3. The minimum absolute atomic E-state index is 0.237. The molecule has 0 spiro atoms. The zero-order valence-electron chi connectivity index (χ0n) is 17.6. The largest absolute Gasteiger partial charge is 0.492 e. The summed E-state index contributed by atoms with van der Waals surface area (Å²) in [5, 5.41) is 5.06. The molecule has 2 aromatic heterocycles. The fourth-order valence-electron chi connectivity index (χ4n) is 3.43. The van der Waals surface area contributed by atoms with E-state index in [0.717, 1.165) is 21.6 Å². The smallest absolute Gasteiger partial charge is 0.260 e. The molecule has 4 aromatic rings. The molecule has 2 heterocycles. The van der Waals surface area contributed by atoms with Gasteiger partial charge in [-0.25, -0.2) is 9.37 Å². The van der Waals surface area contributed by atoms with Gasteiger partial charge in [0.1, 0.15) is 17.1 Å². The van der Waals surface area contributed by atoms with Gasteiger partial charge < -0.3 is 4.74 Å². The van der Waals surface area contributed by atoms with Gasteiger partial charge in [0, 0.05) is 17.8 Å². The summed E-state index contributed by atoms with van der Waals surface area (Å²) >= 11 is 1.43. The normalized spacial score (nSPS) is 11.1. The molecule has 0 unspecified atom stereocenters. The van der Waals surface area contributed by atoms with Gasteiger partial charge in [-0.15, -0.1) is 0 Å². The van der Waals surface area contributed by atoms with Crippen LogP contribution in [-0.4, -0.2) is 33.8 Å². The number of aryl methyl sites for hydroxylation is 2. The van der Waals surface area contributed by atoms with Crippen LogP contribution >= 0.6 is 11.3 Å². The fraction of sp³-hybridized carbons (Fsp3) is 0.261. The molecular weight excluding hydrogens is 415 g/mol. The number of para-hydroxylation sites is 1. The number of carbonyl (C=O) groups excluding carboxylic acids is 1. The number of hydrogen-bond acceptors (Lipinski definition) is 5. The molecule has 160 valence electrons. The molecule has 31 heavy (non-hydrogen) atoms. The van der Waals surface area contributed by atoms with Crippen LogP contribution in [0.4, 0.5) is 9.52 Å². The second kappa shape index (κ2) is 8.85. The maximum Gasteiger partial charge on any atom is 0.260 e. The molecule has 2 aromatic carbocycles. The number of aromatic nitrogens is 3. The van der Waals surface area contributed by atoms with Gasteiger partial charge in [-0.3, -0.25) is 14.4 Å². The average molecular weight is 439 g/mol. The zero-order chi connectivity index (χ0) is 22.0. The SMILES string of the molecule is CCOc1cccc2sc(N(CCn3nc(C)cc3C)C(=O)c3ccc(F)cc3)nc12. The molecule has 0 N–H and O–H groups in total. The molecule has 1 amide bonds. The Morgan fingerprint density at radius 3 is 2.65 bits per heavy atom. The highest BCUT2D eigenvalue weighted by molar-refractivity contribution is 7.22. The van der Waals surface area contributed by atoms with Crippen molar-refractivity contribution in [2.24, 2.45) is 0 Å². The van der Waals surface area contributed by atoms with Crippen LogP contribution in [0.3, 0.4) is 0 Å². The van der Waals surface area contributed by atoms with E-state index >= 15 is 0 Å². The van der Waals surface area contributed by atoms with Gasteiger partial charge in [-0.1, -0.05) is 17.4 Å². The number of hydrogen-bond donors (Lipinski definition) is 0. The van der Waals surface area contributed by atoms with Crippen molar-refractivity contribution in [1.82, 2.24) is 14.8 Å². The maximum atomic E-state index is 13.4. The predicted molar refractivity (Wildman–Crippen MR) is 121 cm³/mol. The lowest BCUT2D eigenvalue weighted by molar-refractivity contribution is 0.0985. The lowest BCUT2D eigenvalue weighted by Gasteiger charge is -2.20. The molecule has 0 bridgehead atoms. The summed E-state index contributed by atoms with van der Waals surface area (Å²) in [6.45, 7) is 7.27.